The summed E-state index contributed by atoms with van der Waals surface area (Å²) in [5, 5.41) is -0.176. The van der Waals surface area contributed by atoms with Gasteiger partial charge in [-0.3, -0.25) is 0 Å². The molecule has 0 heterocycles. The summed E-state index contributed by atoms with van der Waals surface area (Å²) >= 11 is 0. The van der Waals surface area contributed by atoms with Gasteiger partial charge < -0.3 is 4.74 Å². The van der Waals surface area contributed by atoms with Gasteiger partial charge in [-0.05, 0) is 45.3 Å². The molecule has 0 aromatic rings. The first-order chi connectivity index (χ1) is 9.61. The summed E-state index contributed by atoms with van der Waals surface area (Å²) in [5.74, 6) is -0.0335. The van der Waals surface area contributed by atoms with Crippen molar-refractivity contribution in [2.45, 2.75) is 53.3 Å². The molecule has 0 N–H and O–H groups in total. The van der Waals surface area contributed by atoms with Crippen LogP contribution in [0.25, 0.3) is 0 Å². The van der Waals surface area contributed by atoms with Crippen LogP contribution in [0.1, 0.15) is 48.0 Å². The first-order valence-corrected chi connectivity index (χ1v) is 10.6. The molecular weight excluding hydrogens is 278 g/mol. The highest BCUT2D eigenvalue weighted by molar-refractivity contribution is 7.75. The van der Waals surface area contributed by atoms with Crippen LogP contribution in [0.15, 0.2) is 12.2 Å². The first-order valence-electron chi connectivity index (χ1n) is 8.08. The maximum atomic E-state index is 11.4. The average Bonchev–Trinajstić information content (AvgIpc) is 2.41. The molecule has 120 valence electrons. The number of ether oxygens (including phenoxy) is 1. The van der Waals surface area contributed by atoms with E-state index in [0.29, 0.717) is 12.2 Å². The van der Waals surface area contributed by atoms with Crippen molar-refractivity contribution in [2.24, 2.45) is 5.92 Å². The number of rotatable bonds is 10. The Morgan fingerprint density at radius 3 is 2.14 bits per heavy atom. The molecule has 0 aliphatic rings. The number of carbonyl (C=O) groups is 1. The molecule has 0 spiro atoms. The van der Waals surface area contributed by atoms with Gasteiger partial charge in [0.1, 0.15) is 0 Å². The molecule has 2 atom stereocenters. The van der Waals surface area contributed by atoms with Crippen molar-refractivity contribution in [1.82, 2.24) is 0 Å². The quantitative estimate of drug-likeness (QED) is 0.256. The molecule has 0 fully saturated rings. The number of hydrogen-bond donors (Lipinski definition) is 0. The lowest BCUT2D eigenvalue weighted by Gasteiger charge is -2.35. The van der Waals surface area contributed by atoms with E-state index in [1.807, 2.05) is 0 Å². The summed E-state index contributed by atoms with van der Waals surface area (Å²) in [7, 11) is 5.65. The van der Waals surface area contributed by atoms with Crippen molar-refractivity contribution in [1.29, 1.82) is 0 Å². The van der Waals surface area contributed by atoms with Gasteiger partial charge in [0.15, 0.2) is 0 Å². The molecule has 0 rings (SSSR count). The van der Waals surface area contributed by atoms with Crippen LogP contribution in [-0.2, 0) is 9.53 Å². The van der Waals surface area contributed by atoms with Gasteiger partial charge in [0.2, 0.25) is 0 Å². The molecule has 2 unspecified atom stereocenters. The fraction of sp³-hybridized carbons (Fsp3) is 0.824. The summed E-state index contributed by atoms with van der Waals surface area (Å²) in [6, 6.07) is 0. The third-order valence-electron chi connectivity index (χ3n) is 4.37. The molecule has 0 aliphatic heterocycles. The summed E-state index contributed by atoms with van der Waals surface area (Å²) in [5.41, 5.74) is 0.450. The van der Waals surface area contributed by atoms with Crippen LogP contribution in [0.2, 0.25) is 5.31 Å². The molecule has 4 heteroatoms. The third-order valence-corrected chi connectivity index (χ3v) is 9.79. The average molecular weight is 311 g/mol. The second-order valence-electron chi connectivity index (χ2n) is 6.79. The highest BCUT2D eigenvalue weighted by Gasteiger charge is 2.38. The van der Waals surface area contributed by atoms with Crippen LogP contribution in [-0.4, -0.2) is 45.1 Å². The molecule has 0 aromatic heterocycles. The Balaban J connectivity index is 4.51. The van der Waals surface area contributed by atoms with Crippen LogP contribution in [0.5, 0.6) is 0 Å². The highest BCUT2D eigenvalue weighted by Crippen LogP contribution is 2.62. The van der Waals surface area contributed by atoms with Gasteiger partial charge in [-0.1, -0.05) is 20.4 Å². The van der Waals surface area contributed by atoms with E-state index in [9.17, 15) is 4.79 Å². The largest absolute Gasteiger partial charge is 0.462 e. The maximum absolute atomic E-state index is 11.4. The molecule has 0 saturated carbocycles. The van der Waals surface area contributed by atoms with E-state index in [1.54, 1.807) is 6.92 Å². The Kier molecular flexibility index (Phi) is 8.86. The Labute approximate surface area is 133 Å². The van der Waals surface area contributed by atoms with Crippen molar-refractivity contribution in [3.05, 3.63) is 12.2 Å². The molecule has 0 aromatic carbocycles. The van der Waals surface area contributed by atoms with Crippen molar-refractivity contribution in [3.63, 3.8) is 0 Å². The molecule has 2 nitrogen and oxygen atoms in total. The van der Waals surface area contributed by atoms with Crippen molar-refractivity contribution >= 4 is 21.1 Å². The fourth-order valence-corrected chi connectivity index (χ4v) is 6.71. The smallest absolute Gasteiger partial charge is 0.333 e. The number of esters is 1. The monoisotopic (exact) mass is 311 g/mol. The Morgan fingerprint density at radius 1 is 1.29 bits per heavy atom. The van der Waals surface area contributed by atoms with Crippen LogP contribution in [0, 0.1) is 5.92 Å². The standard InChI is InChI=1S/C17H33BO2P/c1-8-21(9-2,10-3)13-17(7,18)11-15(6)12-20-16(19)14(4)5/h15H,4,8-13H2,1-3,5-7H3/q+1. The van der Waals surface area contributed by atoms with Gasteiger partial charge in [0.05, 0.1) is 39.1 Å². The molecular formula is C17H33BO2P+. The van der Waals surface area contributed by atoms with E-state index >= 15 is 0 Å². The van der Waals surface area contributed by atoms with Gasteiger partial charge in [0, 0.05) is 12.8 Å². The molecule has 0 saturated heterocycles. The zero-order chi connectivity index (χ0) is 16.7. The molecule has 0 amide bonds. The second-order valence-corrected chi connectivity index (χ2v) is 11.7. The summed E-state index contributed by atoms with van der Waals surface area (Å²) in [4.78, 5) is 11.4. The van der Waals surface area contributed by atoms with E-state index < -0.39 is 7.26 Å². The Morgan fingerprint density at radius 2 is 1.76 bits per heavy atom. The zero-order valence-electron chi connectivity index (χ0n) is 14.9. The van der Waals surface area contributed by atoms with E-state index in [4.69, 9.17) is 12.6 Å². The summed E-state index contributed by atoms with van der Waals surface area (Å²) in [6.45, 7) is 16.8. The summed E-state index contributed by atoms with van der Waals surface area (Å²) in [6.07, 6.45) is 5.82. The van der Waals surface area contributed by atoms with Crippen molar-refractivity contribution < 1.29 is 9.53 Å². The van der Waals surface area contributed by atoms with Gasteiger partial charge >= 0.3 is 5.97 Å². The minimum atomic E-state index is -0.917. The van der Waals surface area contributed by atoms with Crippen molar-refractivity contribution in [2.75, 3.05) is 31.3 Å². The molecule has 0 aliphatic carbocycles. The third kappa shape index (κ3) is 7.50. The van der Waals surface area contributed by atoms with E-state index in [-0.39, 0.29) is 17.2 Å². The highest BCUT2D eigenvalue weighted by atomic mass is 31.2. The van der Waals surface area contributed by atoms with E-state index in [0.717, 1.165) is 12.6 Å². The Bertz CT molecular complexity index is 340. The van der Waals surface area contributed by atoms with Crippen LogP contribution >= 0.6 is 7.26 Å². The normalized spacial score (nSPS) is 16.1. The predicted molar refractivity (Wildman–Crippen MR) is 97.1 cm³/mol. The Hall–Kier alpha value is -0.295. The topological polar surface area (TPSA) is 26.3 Å². The minimum absolute atomic E-state index is 0.176. The lowest BCUT2D eigenvalue weighted by molar-refractivity contribution is -0.140. The minimum Gasteiger partial charge on any atom is -0.462 e. The van der Waals surface area contributed by atoms with Crippen LogP contribution in [0.4, 0.5) is 0 Å². The number of carbonyl (C=O) groups excluding carboxylic acids is 1. The maximum Gasteiger partial charge on any atom is 0.333 e. The van der Waals surface area contributed by atoms with Crippen LogP contribution < -0.4 is 0 Å². The number of hydrogen-bond acceptors (Lipinski definition) is 2. The van der Waals surface area contributed by atoms with Gasteiger partial charge in [0.25, 0.3) is 0 Å². The predicted octanol–water partition coefficient (Wildman–Crippen LogP) is 4.56. The van der Waals surface area contributed by atoms with E-state index in [2.05, 4.69) is 41.2 Å². The van der Waals surface area contributed by atoms with Gasteiger partial charge in [-0.2, -0.15) is 0 Å². The van der Waals surface area contributed by atoms with Crippen LogP contribution in [0.3, 0.4) is 0 Å². The molecule has 21 heavy (non-hydrogen) atoms. The van der Waals surface area contributed by atoms with Gasteiger partial charge in [-0.15, -0.1) is 0 Å². The van der Waals surface area contributed by atoms with Gasteiger partial charge in [-0.25, -0.2) is 4.79 Å². The first kappa shape index (κ1) is 20.7. The molecule has 0 bridgehead atoms. The molecule has 2 radical (unpaired) electrons. The summed E-state index contributed by atoms with van der Waals surface area (Å²) < 4.78 is 5.24. The van der Waals surface area contributed by atoms with E-state index in [1.165, 1.54) is 18.5 Å². The zero-order valence-corrected chi connectivity index (χ0v) is 15.8. The fourth-order valence-electron chi connectivity index (χ4n) is 3.03. The second kappa shape index (κ2) is 8.98. The lowest BCUT2D eigenvalue weighted by atomic mass is 9.67. The van der Waals surface area contributed by atoms with Crippen molar-refractivity contribution in [3.8, 4) is 0 Å². The lowest BCUT2D eigenvalue weighted by Crippen LogP contribution is -2.24. The SMILES string of the molecule is [B]C(C)(CC(C)COC(=O)C(=C)C)C[P+](CC)(CC)CC.